The molecular weight excluding hydrogens is 220 g/mol. The molecule has 0 aromatic carbocycles. The second kappa shape index (κ2) is 5.33. The molecule has 1 saturated heterocycles. The van der Waals surface area contributed by atoms with Gasteiger partial charge in [0.15, 0.2) is 0 Å². The molecule has 2 unspecified atom stereocenters. The molecule has 5 heteroatoms. The van der Waals surface area contributed by atoms with E-state index in [1.807, 2.05) is 0 Å². The monoisotopic (exact) mass is 244 g/mol. The topological polar surface area (TPSA) is 81.6 Å². The van der Waals surface area contributed by atoms with Crippen molar-refractivity contribution in [2.24, 2.45) is 5.41 Å². The van der Waals surface area contributed by atoms with Crippen molar-refractivity contribution < 1.29 is 15.0 Å². The van der Waals surface area contributed by atoms with Crippen molar-refractivity contribution in [3.8, 4) is 0 Å². The second-order valence-corrected chi connectivity index (χ2v) is 5.85. The summed E-state index contributed by atoms with van der Waals surface area (Å²) >= 11 is 0. The minimum absolute atomic E-state index is 0.0661. The molecule has 0 spiro atoms. The van der Waals surface area contributed by atoms with E-state index in [1.165, 1.54) is 6.92 Å². The molecule has 0 aromatic heterocycles. The number of amides is 1. The van der Waals surface area contributed by atoms with Crippen molar-refractivity contribution in [1.29, 1.82) is 0 Å². The highest BCUT2D eigenvalue weighted by Crippen LogP contribution is 2.30. The maximum absolute atomic E-state index is 12.0. The highest BCUT2D eigenvalue weighted by atomic mass is 16.3. The molecule has 1 rings (SSSR count). The van der Waals surface area contributed by atoms with Gasteiger partial charge in [-0.2, -0.15) is 0 Å². The van der Waals surface area contributed by atoms with Crippen LogP contribution in [0.25, 0.3) is 0 Å². The van der Waals surface area contributed by atoms with Crippen LogP contribution in [-0.4, -0.2) is 47.5 Å². The summed E-state index contributed by atoms with van der Waals surface area (Å²) in [4.78, 5) is 12.0. The molecule has 1 amide bonds. The van der Waals surface area contributed by atoms with Crippen LogP contribution >= 0.6 is 0 Å². The lowest BCUT2D eigenvalue weighted by atomic mass is 9.77. The second-order valence-electron chi connectivity index (χ2n) is 5.85. The van der Waals surface area contributed by atoms with Gasteiger partial charge in [0.05, 0.1) is 12.6 Å². The lowest BCUT2D eigenvalue weighted by molar-refractivity contribution is -0.128. The molecular formula is C12H24N2O3. The van der Waals surface area contributed by atoms with Gasteiger partial charge in [-0.25, -0.2) is 0 Å². The molecule has 2 atom stereocenters. The summed E-state index contributed by atoms with van der Waals surface area (Å²) in [6.07, 6.45) is 2.08. The molecule has 100 valence electrons. The first-order chi connectivity index (χ1) is 7.78. The average Bonchev–Trinajstić information content (AvgIpc) is 2.25. The lowest BCUT2D eigenvalue weighted by Crippen LogP contribution is -2.57. The maximum Gasteiger partial charge on any atom is 0.237 e. The van der Waals surface area contributed by atoms with E-state index in [0.29, 0.717) is 0 Å². The molecule has 1 heterocycles. The lowest BCUT2D eigenvalue weighted by Gasteiger charge is -2.38. The minimum atomic E-state index is -1.26. The minimum Gasteiger partial charge on any atom is -0.393 e. The van der Waals surface area contributed by atoms with E-state index >= 15 is 0 Å². The fraction of sp³-hybridized carbons (Fsp3) is 0.917. The van der Waals surface area contributed by atoms with Crippen molar-refractivity contribution in [3.05, 3.63) is 0 Å². The predicted octanol–water partition coefficient (Wildman–Crippen LogP) is -0.376. The summed E-state index contributed by atoms with van der Waals surface area (Å²) in [5.74, 6) is -0.108. The molecule has 0 aliphatic carbocycles. The fourth-order valence-electron chi connectivity index (χ4n) is 2.09. The van der Waals surface area contributed by atoms with Gasteiger partial charge in [-0.05, 0) is 31.7 Å². The molecule has 1 aliphatic heterocycles. The van der Waals surface area contributed by atoms with E-state index in [9.17, 15) is 9.90 Å². The Labute approximate surface area is 103 Å². The smallest absolute Gasteiger partial charge is 0.237 e. The third-order valence-electron chi connectivity index (χ3n) is 3.37. The van der Waals surface area contributed by atoms with Gasteiger partial charge in [0.25, 0.3) is 0 Å². The maximum atomic E-state index is 12.0. The van der Waals surface area contributed by atoms with Gasteiger partial charge >= 0.3 is 0 Å². The van der Waals surface area contributed by atoms with Crippen molar-refractivity contribution in [2.75, 3.05) is 19.7 Å². The van der Waals surface area contributed by atoms with Gasteiger partial charge in [0.2, 0.25) is 5.91 Å². The number of carbonyl (C=O) groups excluding carboxylic acids is 1. The van der Waals surface area contributed by atoms with Crippen LogP contribution in [0.1, 0.15) is 33.6 Å². The van der Waals surface area contributed by atoms with Crippen molar-refractivity contribution in [1.82, 2.24) is 10.6 Å². The van der Waals surface area contributed by atoms with Crippen LogP contribution in [0.2, 0.25) is 0 Å². The number of carbonyl (C=O) groups is 1. The summed E-state index contributed by atoms with van der Waals surface area (Å²) in [5, 5.41) is 24.4. The Balaban J connectivity index is 2.52. The summed E-state index contributed by atoms with van der Waals surface area (Å²) in [7, 11) is 0. The van der Waals surface area contributed by atoms with E-state index < -0.39 is 5.60 Å². The van der Waals surface area contributed by atoms with E-state index in [1.54, 1.807) is 0 Å². The normalized spacial score (nSPS) is 27.2. The van der Waals surface area contributed by atoms with E-state index in [0.717, 1.165) is 19.4 Å². The SMILES string of the molecule is CC(O)(CO)CNC(=O)C1NCCCC1(C)C. The van der Waals surface area contributed by atoms with Gasteiger partial charge < -0.3 is 20.8 Å². The van der Waals surface area contributed by atoms with Gasteiger partial charge in [0, 0.05) is 6.54 Å². The Morgan fingerprint density at radius 2 is 2.24 bits per heavy atom. The Kier molecular flexibility index (Phi) is 4.52. The summed E-state index contributed by atoms with van der Waals surface area (Å²) in [6.45, 7) is 6.16. The predicted molar refractivity (Wildman–Crippen MR) is 65.5 cm³/mol. The number of aliphatic hydroxyl groups is 2. The molecule has 5 nitrogen and oxygen atoms in total. The number of hydrogen-bond donors (Lipinski definition) is 4. The van der Waals surface area contributed by atoms with Crippen molar-refractivity contribution in [3.63, 3.8) is 0 Å². The summed E-state index contributed by atoms with van der Waals surface area (Å²) < 4.78 is 0. The van der Waals surface area contributed by atoms with Crippen molar-refractivity contribution in [2.45, 2.75) is 45.3 Å². The van der Waals surface area contributed by atoms with Crippen LogP contribution in [0.15, 0.2) is 0 Å². The third kappa shape index (κ3) is 3.94. The van der Waals surface area contributed by atoms with Crippen LogP contribution in [0.4, 0.5) is 0 Å². The zero-order chi connectivity index (χ0) is 13.1. The van der Waals surface area contributed by atoms with Crippen LogP contribution in [0.3, 0.4) is 0 Å². The van der Waals surface area contributed by atoms with Gasteiger partial charge in [0.1, 0.15) is 5.60 Å². The number of aliphatic hydroxyl groups excluding tert-OH is 1. The third-order valence-corrected chi connectivity index (χ3v) is 3.37. The molecule has 4 N–H and O–H groups in total. The first kappa shape index (κ1) is 14.4. The summed E-state index contributed by atoms with van der Waals surface area (Å²) in [5.41, 5.74) is -1.33. The zero-order valence-electron chi connectivity index (χ0n) is 10.9. The number of hydrogen-bond acceptors (Lipinski definition) is 4. The molecule has 0 aromatic rings. The molecule has 0 saturated carbocycles. The van der Waals surface area contributed by atoms with Gasteiger partial charge in [-0.3, -0.25) is 4.79 Å². The Bertz CT molecular complexity index is 277. The van der Waals surface area contributed by atoms with E-state index in [2.05, 4.69) is 24.5 Å². The van der Waals surface area contributed by atoms with E-state index in [-0.39, 0.29) is 30.5 Å². The Morgan fingerprint density at radius 1 is 1.59 bits per heavy atom. The highest BCUT2D eigenvalue weighted by molar-refractivity contribution is 5.82. The van der Waals surface area contributed by atoms with Gasteiger partial charge in [-0.15, -0.1) is 0 Å². The van der Waals surface area contributed by atoms with Crippen LogP contribution in [0.5, 0.6) is 0 Å². The standard InChI is InChI=1S/C12H24N2O3/c1-11(2)5-4-6-13-9(11)10(16)14-7-12(3,17)8-15/h9,13,15,17H,4-8H2,1-3H3,(H,14,16). The average molecular weight is 244 g/mol. The van der Waals surface area contributed by atoms with Gasteiger partial charge in [-0.1, -0.05) is 13.8 Å². The number of rotatable bonds is 4. The van der Waals surface area contributed by atoms with E-state index in [4.69, 9.17) is 5.11 Å². The zero-order valence-corrected chi connectivity index (χ0v) is 10.9. The number of nitrogens with one attached hydrogen (secondary N) is 2. The van der Waals surface area contributed by atoms with Crippen molar-refractivity contribution >= 4 is 5.91 Å². The molecule has 1 fully saturated rings. The van der Waals surface area contributed by atoms with Crippen LogP contribution in [-0.2, 0) is 4.79 Å². The quantitative estimate of drug-likeness (QED) is 0.543. The largest absolute Gasteiger partial charge is 0.393 e. The Hall–Kier alpha value is -0.650. The molecule has 1 aliphatic rings. The number of piperidine rings is 1. The summed E-state index contributed by atoms with van der Waals surface area (Å²) in [6, 6.07) is -0.231. The highest BCUT2D eigenvalue weighted by Gasteiger charge is 2.37. The van der Waals surface area contributed by atoms with Crippen LogP contribution < -0.4 is 10.6 Å². The molecule has 0 radical (unpaired) electrons. The van der Waals surface area contributed by atoms with Crippen LogP contribution in [0, 0.1) is 5.41 Å². The molecule has 17 heavy (non-hydrogen) atoms. The Morgan fingerprint density at radius 3 is 2.76 bits per heavy atom. The molecule has 0 bridgehead atoms. The fourth-order valence-corrected chi connectivity index (χ4v) is 2.09. The first-order valence-electron chi connectivity index (χ1n) is 6.13. The first-order valence-corrected chi connectivity index (χ1v) is 6.13.